The first-order chi connectivity index (χ1) is 11.9. The molecule has 0 unspecified atom stereocenters. The zero-order chi connectivity index (χ0) is 18.0. The number of nitrogens with zero attached hydrogens (tertiary/aromatic N) is 5. The Morgan fingerprint density at radius 3 is 2.68 bits per heavy atom. The minimum atomic E-state index is -3.01. The molecule has 0 spiro atoms. The third-order valence-electron chi connectivity index (χ3n) is 5.04. The van der Waals surface area contributed by atoms with Gasteiger partial charge in [-0.15, -0.1) is 5.10 Å². The maximum Gasteiger partial charge on any atom is 0.236 e. The van der Waals surface area contributed by atoms with Crippen LogP contribution in [-0.2, 0) is 14.6 Å². The van der Waals surface area contributed by atoms with Gasteiger partial charge in [0.15, 0.2) is 9.84 Å². The quantitative estimate of drug-likeness (QED) is 0.679. The Balaban J connectivity index is 1.67. The largest absolute Gasteiger partial charge is 0.338 e. The van der Waals surface area contributed by atoms with Crippen LogP contribution in [-0.4, -0.2) is 68.8 Å². The third kappa shape index (κ3) is 4.16. The van der Waals surface area contributed by atoms with Crippen molar-refractivity contribution in [3.63, 3.8) is 0 Å². The van der Waals surface area contributed by atoms with Crippen molar-refractivity contribution in [3.05, 3.63) is 0 Å². The van der Waals surface area contributed by atoms with E-state index in [0.29, 0.717) is 24.2 Å². The summed E-state index contributed by atoms with van der Waals surface area (Å²) in [5.74, 6) is 0.197. The molecule has 1 aromatic rings. The molecule has 0 aromatic carbocycles. The average molecular weight is 388 g/mol. The van der Waals surface area contributed by atoms with Gasteiger partial charge in [0.1, 0.15) is 0 Å². The smallest absolute Gasteiger partial charge is 0.236 e. The highest BCUT2D eigenvalue weighted by atomic mass is 32.2. The lowest BCUT2D eigenvalue weighted by atomic mass is 10.2. The first-order valence-electron chi connectivity index (χ1n) is 8.86. The van der Waals surface area contributed by atoms with Crippen molar-refractivity contribution in [2.75, 3.05) is 18.1 Å². The summed E-state index contributed by atoms with van der Waals surface area (Å²) in [6.07, 6.45) is 5.04. The lowest BCUT2D eigenvalue weighted by molar-refractivity contribution is -0.131. The maximum atomic E-state index is 12.9. The molecule has 1 aliphatic carbocycles. The van der Waals surface area contributed by atoms with E-state index in [2.05, 4.69) is 15.5 Å². The molecule has 2 atom stereocenters. The van der Waals surface area contributed by atoms with Crippen LogP contribution in [0.4, 0.5) is 0 Å². The first kappa shape index (κ1) is 18.6. The van der Waals surface area contributed by atoms with Crippen LogP contribution < -0.4 is 0 Å². The molecule has 0 N–H and O–H groups in total. The molecule has 140 valence electrons. The van der Waals surface area contributed by atoms with Gasteiger partial charge in [-0.05, 0) is 43.5 Å². The molecule has 0 bridgehead atoms. The molecule has 25 heavy (non-hydrogen) atoms. The van der Waals surface area contributed by atoms with Crippen LogP contribution in [0.15, 0.2) is 5.16 Å². The molecule has 2 fully saturated rings. The molecule has 2 heterocycles. The lowest BCUT2D eigenvalue weighted by Crippen LogP contribution is -2.44. The third-order valence-corrected chi connectivity index (χ3v) is 7.82. The molecule has 0 radical (unpaired) electrons. The van der Waals surface area contributed by atoms with Crippen molar-refractivity contribution in [2.24, 2.45) is 0 Å². The van der Waals surface area contributed by atoms with Crippen molar-refractivity contribution in [2.45, 2.75) is 68.4 Å². The number of hydrogen-bond donors (Lipinski definition) is 0. The second kappa shape index (κ2) is 7.61. The van der Waals surface area contributed by atoms with Gasteiger partial charge in [-0.3, -0.25) is 4.79 Å². The number of hydrogen-bond acceptors (Lipinski definition) is 7. The summed E-state index contributed by atoms with van der Waals surface area (Å²) in [5.41, 5.74) is 0. The van der Waals surface area contributed by atoms with Gasteiger partial charge in [-0.25, -0.2) is 13.1 Å². The van der Waals surface area contributed by atoms with Crippen LogP contribution in [0.2, 0.25) is 0 Å². The zero-order valence-electron chi connectivity index (χ0n) is 14.7. The SMILES string of the molecule is CCN(C(=O)[C@@H](C)Sc1nnnn1C1CCCC1)[C@@H]1CCS(=O)(=O)C1. The van der Waals surface area contributed by atoms with Crippen molar-refractivity contribution in [3.8, 4) is 0 Å². The second-order valence-electron chi connectivity index (χ2n) is 6.79. The topological polar surface area (TPSA) is 98.1 Å². The van der Waals surface area contributed by atoms with Crippen LogP contribution in [0.1, 0.15) is 52.0 Å². The van der Waals surface area contributed by atoms with Crippen molar-refractivity contribution in [1.29, 1.82) is 0 Å². The van der Waals surface area contributed by atoms with E-state index in [4.69, 9.17) is 0 Å². The summed E-state index contributed by atoms with van der Waals surface area (Å²) in [6, 6.07) is 0.110. The Hall–Kier alpha value is -1.16. The van der Waals surface area contributed by atoms with Gasteiger partial charge < -0.3 is 4.90 Å². The Labute approximate surface area is 152 Å². The Morgan fingerprint density at radius 1 is 1.36 bits per heavy atom. The number of tetrazole rings is 1. The van der Waals surface area contributed by atoms with Gasteiger partial charge in [0, 0.05) is 12.6 Å². The standard InChI is InChI=1S/C15H25N5O3S2/c1-3-19(13-8-9-25(22,23)10-13)14(21)11(2)24-15-16-17-18-20(15)12-6-4-5-7-12/h11-13H,3-10H2,1-2H3/t11-,13-/m1/s1. The molecular formula is C15H25N5O3S2. The fraction of sp³-hybridized carbons (Fsp3) is 0.867. The van der Waals surface area contributed by atoms with Crippen LogP contribution in [0.3, 0.4) is 0 Å². The predicted molar refractivity (Wildman–Crippen MR) is 95.1 cm³/mol. The van der Waals surface area contributed by atoms with E-state index in [1.54, 1.807) is 4.90 Å². The number of amides is 1. The second-order valence-corrected chi connectivity index (χ2v) is 10.3. The van der Waals surface area contributed by atoms with E-state index < -0.39 is 9.84 Å². The molecule has 1 saturated carbocycles. The summed E-state index contributed by atoms with van der Waals surface area (Å²) in [6.45, 7) is 4.24. The first-order valence-corrected chi connectivity index (χ1v) is 11.6. The number of rotatable bonds is 6. The Morgan fingerprint density at radius 2 is 2.08 bits per heavy atom. The highest BCUT2D eigenvalue weighted by molar-refractivity contribution is 8.00. The van der Waals surface area contributed by atoms with Crippen molar-refractivity contribution in [1.82, 2.24) is 25.1 Å². The molecule has 3 rings (SSSR count). The molecule has 2 aliphatic rings. The summed E-state index contributed by atoms with van der Waals surface area (Å²) < 4.78 is 25.3. The van der Waals surface area contributed by atoms with E-state index >= 15 is 0 Å². The van der Waals surface area contributed by atoms with Crippen LogP contribution in [0.5, 0.6) is 0 Å². The Kier molecular flexibility index (Phi) is 5.67. The van der Waals surface area contributed by atoms with Crippen molar-refractivity contribution < 1.29 is 13.2 Å². The van der Waals surface area contributed by atoms with E-state index in [1.807, 2.05) is 18.5 Å². The molecule has 1 aliphatic heterocycles. The fourth-order valence-corrected chi connectivity index (χ4v) is 6.36. The summed E-state index contributed by atoms with van der Waals surface area (Å²) >= 11 is 1.36. The molecule has 1 amide bonds. The van der Waals surface area contributed by atoms with Gasteiger partial charge in [-0.2, -0.15) is 0 Å². The molecule has 8 nitrogen and oxygen atoms in total. The van der Waals surface area contributed by atoms with Crippen LogP contribution in [0.25, 0.3) is 0 Å². The number of aromatic nitrogens is 4. The number of carbonyl (C=O) groups is 1. The molecule has 10 heteroatoms. The number of carbonyl (C=O) groups excluding carboxylic acids is 1. The number of thioether (sulfide) groups is 1. The molecule has 1 aromatic heterocycles. The zero-order valence-corrected chi connectivity index (χ0v) is 16.3. The van der Waals surface area contributed by atoms with E-state index in [9.17, 15) is 13.2 Å². The number of sulfone groups is 1. The summed E-state index contributed by atoms with van der Waals surface area (Å²) in [7, 11) is -3.01. The minimum absolute atomic E-state index is 0.0458. The monoisotopic (exact) mass is 387 g/mol. The van der Waals surface area contributed by atoms with E-state index in [-0.39, 0.29) is 28.7 Å². The highest BCUT2D eigenvalue weighted by Gasteiger charge is 2.36. The van der Waals surface area contributed by atoms with Gasteiger partial charge in [0.25, 0.3) is 0 Å². The average Bonchev–Trinajstić information content (AvgIpc) is 3.28. The van der Waals surface area contributed by atoms with Crippen molar-refractivity contribution >= 4 is 27.5 Å². The lowest BCUT2D eigenvalue weighted by Gasteiger charge is -2.29. The maximum absolute atomic E-state index is 12.9. The van der Waals surface area contributed by atoms with Gasteiger partial charge >= 0.3 is 0 Å². The fourth-order valence-electron chi connectivity index (χ4n) is 3.70. The van der Waals surface area contributed by atoms with Crippen LogP contribution in [0, 0.1) is 0 Å². The molecular weight excluding hydrogens is 362 g/mol. The van der Waals surface area contributed by atoms with Gasteiger partial charge in [-0.1, -0.05) is 24.6 Å². The molecule has 1 saturated heterocycles. The summed E-state index contributed by atoms with van der Waals surface area (Å²) in [5, 5.41) is 12.3. The van der Waals surface area contributed by atoms with Gasteiger partial charge in [0.05, 0.1) is 22.8 Å². The van der Waals surface area contributed by atoms with E-state index in [0.717, 1.165) is 12.8 Å². The summed E-state index contributed by atoms with van der Waals surface area (Å²) in [4.78, 5) is 14.6. The Bertz CT molecular complexity index is 715. The van der Waals surface area contributed by atoms with E-state index in [1.165, 1.54) is 24.6 Å². The minimum Gasteiger partial charge on any atom is -0.338 e. The van der Waals surface area contributed by atoms with Crippen LogP contribution >= 0.6 is 11.8 Å². The predicted octanol–water partition coefficient (Wildman–Crippen LogP) is 1.30. The normalized spacial score (nSPS) is 24.5. The van der Waals surface area contributed by atoms with Gasteiger partial charge in [0.2, 0.25) is 11.1 Å². The highest BCUT2D eigenvalue weighted by Crippen LogP contribution is 2.33.